The van der Waals surface area contributed by atoms with Gasteiger partial charge in [0.15, 0.2) is 5.82 Å². The number of benzene rings is 2. The van der Waals surface area contributed by atoms with Crippen LogP contribution in [0.1, 0.15) is 36.3 Å². The molecule has 1 fully saturated rings. The van der Waals surface area contributed by atoms with Crippen LogP contribution in [0.5, 0.6) is 11.5 Å². The lowest BCUT2D eigenvalue weighted by atomic mass is 9.94. The summed E-state index contributed by atoms with van der Waals surface area (Å²) in [6, 6.07) is 14.3. The molecule has 0 bridgehead atoms. The fraction of sp³-hybridized carbons (Fsp3) is 0.240. The number of para-hydroxylation sites is 1. The van der Waals surface area contributed by atoms with Gasteiger partial charge < -0.3 is 19.1 Å². The Morgan fingerprint density at radius 2 is 1.88 bits per heavy atom. The molecule has 1 aliphatic heterocycles. The molecule has 170 valence electrons. The van der Waals surface area contributed by atoms with Crippen LogP contribution in [0.25, 0.3) is 5.76 Å². The Morgan fingerprint density at radius 3 is 2.52 bits per heavy atom. The number of hydrogen-bond donors (Lipinski definition) is 1. The van der Waals surface area contributed by atoms with Gasteiger partial charge in [0.2, 0.25) is 0 Å². The van der Waals surface area contributed by atoms with Crippen LogP contribution in [0, 0.1) is 6.92 Å². The Hall–Kier alpha value is -4.07. The first-order chi connectivity index (χ1) is 16.0. The number of ether oxygens (including phenoxy) is 2. The van der Waals surface area contributed by atoms with Crippen LogP contribution < -0.4 is 14.4 Å². The number of aromatic nitrogens is 1. The predicted molar refractivity (Wildman–Crippen MR) is 121 cm³/mol. The minimum Gasteiger partial charge on any atom is -0.507 e. The van der Waals surface area contributed by atoms with E-state index < -0.39 is 17.7 Å². The molecule has 4 rings (SSSR count). The van der Waals surface area contributed by atoms with E-state index in [1.807, 2.05) is 6.92 Å². The lowest BCUT2D eigenvalue weighted by Crippen LogP contribution is -2.29. The minimum absolute atomic E-state index is 0.0626. The monoisotopic (exact) mass is 448 g/mol. The van der Waals surface area contributed by atoms with Crippen LogP contribution in [0.4, 0.5) is 5.82 Å². The number of carbonyl (C=O) groups is 2. The largest absolute Gasteiger partial charge is 0.507 e. The summed E-state index contributed by atoms with van der Waals surface area (Å²) in [5.41, 5.74) is 0.852. The van der Waals surface area contributed by atoms with Crippen molar-refractivity contribution in [3.63, 3.8) is 0 Å². The zero-order valence-corrected chi connectivity index (χ0v) is 18.6. The van der Waals surface area contributed by atoms with E-state index in [9.17, 15) is 14.7 Å². The second kappa shape index (κ2) is 9.20. The summed E-state index contributed by atoms with van der Waals surface area (Å²) < 4.78 is 16.2. The van der Waals surface area contributed by atoms with Crippen molar-refractivity contribution >= 4 is 23.3 Å². The molecule has 3 aromatic rings. The molecule has 0 radical (unpaired) electrons. The van der Waals surface area contributed by atoms with Crippen molar-refractivity contribution in [3.05, 3.63) is 77.1 Å². The van der Waals surface area contributed by atoms with Crippen LogP contribution in [0.15, 0.2) is 64.7 Å². The summed E-state index contributed by atoms with van der Waals surface area (Å²) in [6.45, 7) is 4.27. The third-order valence-corrected chi connectivity index (χ3v) is 5.34. The molecule has 1 N–H and O–H groups in total. The van der Waals surface area contributed by atoms with Crippen LogP contribution in [0.2, 0.25) is 0 Å². The van der Waals surface area contributed by atoms with E-state index in [1.165, 1.54) is 12.0 Å². The fourth-order valence-electron chi connectivity index (χ4n) is 3.81. The third-order valence-electron chi connectivity index (χ3n) is 5.34. The normalized spacial score (nSPS) is 17.4. The van der Waals surface area contributed by atoms with Gasteiger partial charge in [-0.05, 0) is 43.7 Å². The molecule has 1 amide bonds. The number of Topliss-reactive ketones (excluding diaryl/α,β-unsaturated/α-hetero) is 1. The Kier molecular flexibility index (Phi) is 6.17. The first-order valence-electron chi connectivity index (χ1n) is 10.6. The van der Waals surface area contributed by atoms with Gasteiger partial charge in [-0.2, -0.15) is 0 Å². The van der Waals surface area contributed by atoms with Crippen molar-refractivity contribution in [2.24, 2.45) is 0 Å². The average Bonchev–Trinajstić information content (AvgIpc) is 3.37. The number of methoxy groups -OCH3 is 1. The number of aliphatic hydroxyl groups excluding tert-OH is 1. The Labute approximate surface area is 191 Å². The van der Waals surface area contributed by atoms with E-state index in [1.54, 1.807) is 61.5 Å². The van der Waals surface area contributed by atoms with E-state index in [0.29, 0.717) is 35.0 Å². The zero-order chi connectivity index (χ0) is 23.5. The van der Waals surface area contributed by atoms with Gasteiger partial charge >= 0.3 is 5.91 Å². The van der Waals surface area contributed by atoms with Crippen molar-refractivity contribution in [2.45, 2.75) is 26.3 Å². The standard InChI is InChI=1S/C25H24N2O6/c1-4-13-32-17-11-9-16(10-12-17)23(28)21-22(18-7-5-6-8-19(18)31-3)27(25(30)24(21)29)20-14-15(2)33-26-20/h5-12,14,22,28H,4,13H2,1-3H3/b23-21-. The third kappa shape index (κ3) is 4.07. The van der Waals surface area contributed by atoms with Crippen molar-refractivity contribution < 1.29 is 28.7 Å². The summed E-state index contributed by atoms with van der Waals surface area (Å²) in [5, 5.41) is 15.1. The molecular weight excluding hydrogens is 424 g/mol. The number of amides is 1. The van der Waals surface area contributed by atoms with E-state index >= 15 is 0 Å². The van der Waals surface area contributed by atoms with Gasteiger partial charge in [-0.25, -0.2) is 0 Å². The lowest BCUT2D eigenvalue weighted by Gasteiger charge is -2.24. The first-order valence-corrected chi connectivity index (χ1v) is 10.6. The predicted octanol–water partition coefficient (Wildman–Crippen LogP) is 4.41. The Balaban J connectivity index is 1.87. The zero-order valence-electron chi connectivity index (χ0n) is 18.6. The van der Waals surface area contributed by atoms with Crippen molar-refractivity contribution in [1.29, 1.82) is 0 Å². The molecule has 2 heterocycles. The Morgan fingerprint density at radius 1 is 1.15 bits per heavy atom. The highest BCUT2D eigenvalue weighted by atomic mass is 16.5. The first kappa shape index (κ1) is 22.1. The summed E-state index contributed by atoms with van der Waals surface area (Å²) in [6.07, 6.45) is 0.867. The number of hydrogen-bond acceptors (Lipinski definition) is 7. The summed E-state index contributed by atoms with van der Waals surface area (Å²) in [7, 11) is 1.50. The van der Waals surface area contributed by atoms with Crippen molar-refractivity contribution in [1.82, 2.24) is 5.16 Å². The van der Waals surface area contributed by atoms with E-state index in [0.717, 1.165) is 6.42 Å². The van der Waals surface area contributed by atoms with Gasteiger partial charge in [0.1, 0.15) is 29.1 Å². The number of aryl methyl sites for hydroxylation is 1. The SMILES string of the molecule is CCCOc1ccc(/C(O)=C2/C(=O)C(=O)N(c3cc(C)on3)C2c2ccccc2OC)cc1. The van der Waals surface area contributed by atoms with E-state index in [4.69, 9.17) is 14.0 Å². The molecule has 8 nitrogen and oxygen atoms in total. The van der Waals surface area contributed by atoms with Gasteiger partial charge in [0, 0.05) is 17.2 Å². The maximum atomic E-state index is 13.2. The second-order valence-electron chi connectivity index (χ2n) is 7.58. The van der Waals surface area contributed by atoms with E-state index in [2.05, 4.69) is 5.16 Å². The average molecular weight is 448 g/mol. The molecule has 1 aliphatic rings. The molecule has 0 aliphatic carbocycles. The topological polar surface area (TPSA) is 102 Å². The molecule has 0 spiro atoms. The quantitative estimate of drug-likeness (QED) is 0.325. The van der Waals surface area contributed by atoms with Crippen molar-refractivity contribution in [3.8, 4) is 11.5 Å². The smallest absolute Gasteiger partial charge is 0.301 e. The van der Waals surface area contributed by atoms with Gasteiger partial charge in [0.25, 0.3) is 5.78 Å². The molecule has 1 atom stereocenters. The fourth-order valence-corrected chi connectivity index (χ4v) is 3.81. The highest BCUT2D eigenvalue weighted by molar-refractivity contribution is 6.51. The molecule has 1 unspecified atom stereocenters. The number of anilines is 1. The molecule has 1 saturated heterocycles. The maximum absolute atomic E-state index is 13.2. The van der Waals surface area contributed by atoms with Gasteiger partial charge in [-0.1, -0.05) is 30.3 Å². The van der Waals surface area contributed by atoms with Gasteiger partial charge in [-0.3, -0.25) is 14.5 Å². The lowest BCUT2D eigenvalue weighted by molar-refractivity contribution is -0.132. The van der Waals surface area contributed by atoms with Crippen molar-refractivity contribution in [2.75, 3.05) is 18.6 Å². The van der Waals surface area contributed by atoms with Gasteiger partial charge in [0.05, 0.1) is 19.3 Å². The molecule has 0 saturated carbocycles. The molecule has 33 heavy (non-hydrogen) atoms. The molecule has 2 aromatic carbocycles. The van der Waals surface area contributed by atoms with Gasteiger partial charge in [-0.15, -0.1) is 0 Å². The maximum Gasteiger partial charge on any atom is 0.301 e. The van der Waals surface area contributed by atoms with Crippen LogP contribution in [-0.4, -0.2) is 35.7 Å². The summed E-state index contributed by atoms with van der Waals surface area (Å²) >= 11 is 0. The number of aliphatic hydroxyl groups is 1. The second-order valence-corrected chi connectivity index (χ2v) is 7.58. The highest BCUT2D eigenvalue weighted by Gasteiger charge is 2.49. The summed E-state index contributed by atoms with van der Waals surface area (Å²) in [5.74, 6) is -0.175. The number of carbonyl (C=O) groups excluding carboxylic acids is 2. The van der Waals surface area contributed by atoms with Crippen LogP contribution >= 0.6 is 0 Å². The molecule has 1 aromatic heterocycles. The molecule has 8 heteroatoms. The Bertz CT molecular complexity index is 1210. The van der Waals surface area contributed by atoms with Crippen LogP contribution in [-0.2, 0) is 9.59 Å². The summed E-state index contributed by atoms with van der Waals surface area (Å²) in [4.78, 5) is 27.5. The number of ketones is 1. The molecular formula is C25H24N2O6. The number of rotatable bonds is 7. The minimum atomic E-state index is -0.957. The van der Waals surface area contributed by atoms with E-state index in [-0.39, 0.29) is 17.2 Å². The highest BCUT2D eigenvalue weighted by Crippen LogP contribution is 2.44. The number of nitrogens with zero attached hydrogens (tertiary/aromatic N) is 2. The van der Waals surface area contributed by atoms with Crippen LogP contribution in [0.3, 0.4) is 0 Å².